The summed E-state index contributed by atoms with van der Waals surface area (Å²) in [5, 5.41) is 9.53. The van der Waals surface area contributed by atoms with Gasteiger partial charge in [-0.25, -0.2) is 9.37 Å². The summed E-state index contributed by atoms with van der Waals surface area (Å²) in [5.41, 5.74) is 1.08. The zero-order valence-electron chi connectivity index (χ0n) is 12.9. The number of benzene rings is 2. The highest BCUT2D eigenvalue weighted by Crippen LogP contribution is 2.24. The van der Waals surface area contributed by atoms with Crippen LogP contribution in [0.3, 0.4) is 0 Å². The summed E-state index contributed by atoms with van der Waals surface area (Å²) in [6.07, 6.45) is 0. The van der Waals surface area contributed by atoms with Crippen molar-refractivity contribution in [3.8, 4) is 11.4 Å². The molecule has 5 nitrogen and oxygen atoms in total. The van der Waals surface area contributed by atoms with Gasteiger partial charge in [-0.1, -0.05) is 54.2 Å². The van der Waals surface area contributed by atoms with Crippen molar-refractivity contribution >= 4 is 23.4 Å². The first kappa shape index (κ1) is 16.2. The maximum absolute atomic E-state index is 13.6. The quantitative estimate of drug-likeness (QED) is 0.693. The van der Waals surface area contributed by atoms with Crippen molar-refractivity contribution in [2.45, 2.75) is 17.3 Å². The van der Waals surface area contributed by atoms with Crippen LogP contribution >= 0.6 is 11.8 Å². The number of halogens is 1. The molecule has 0 aliphatic carbocycles. The van der Waals surface area contributed by atoms with E-state index >= 15 is 0 Å². The van der Waals surface area contributed by atoms with E-state index in [0.717, 1.165) is 5.56 Å². The molecule has 0 unspecified atom stereocenters. The molecule has 1 amide bonds. The number of para-hydroxylation sites is 1. The highest BCUT2D eigenvalue weighted by atomic mass is 32.2. The smallest absolute Gasteiger partial charge is 0.237 e. The Labute approximate surface area is 142 Å². The molecule has 0 radical (unpaired) electrons. The minimum Gasteiger partial charge on any atom is -0.323 e. The van der Waals surface area contributed by atoms with Gasteiger partial charge in [-0.2, -0.15) is 0 Å². The molecule has 3 rings (SSSR count). The summed E-state index contributed by atoms with van der Waals surface area (Å²) in [5.74, 6) is -0.136. The molecule has 122 valence electrons. The van der Waals surface area contributed by atoms with E-state index in [9.17, 15) is 9.18 Å². The van der Waals surface area contributed by atoms with Crippen LogP contribution in [-0.4, -0.2) is 26.3 Å². The fraction of sp³-hybridized carbons (Fsp3) is 0.118. The number of anilines is 1. The predicted octanol–water partition coefficient (Wildman–Crippen LogP) is 3.73. The second kappa shape index (κ2) is 7.27. The van der Waals surface area contributed by atoms with Gasteiger partial charge in [-0.05, 0) is 19.1 Å². The highest BCUT2D eigenvalue weighted by Gasteiger charge is 2.18. The van der Waals surface area contributed by atoms with E-state index in [1.807, 2.05) is 30.3 Å². The van der Waals surface area contributed by atoms with E-state index < -0.39 is 11.1 Å². The number of hydrogen-bond acceptors (Lipinski definition) is 4. The van der Waals surface area contributed by atoms with Gasteiger partial charge in [0.25, 0.3) is 0 Å². The minimum absolute atomic E-state index is 0.162. The normalized spacial score (nSPS) is 11.9. The Kier molecular flexibility index (Phi) is 4.90. The van der Waals surface area contributed by atoms with Gasteiger partial charge in [0.05, 0.1) is 10.9 Å². The van der Waals surface area contributed by atoms with E-state index in [1.165, 1.54) is 23.9 Å². The number of amides is 1. The standard InChI is InChI=1S/C17H15FN4OS/c1-11(16(23)19-14-10-6-5-9-13(14)18)24-17-20-15(21-22-17)12-7-3-2-4-8-12/h2-11H,1H3,(H,19,23)(H,20,21,22)/t11-/m1/s1. The number of nitrogens with zero attached hydrogens (tertiary/aromatic N) is 2. The number of rotatable bonds is 5. The number of thioether (sulfide) groups is 1. The van der Waals surface area contributed by atoms with Crippen LogP contribution in [0.4, 0.5) is 10.1 Å². The summed E-state index contributed by atoms with van der Waals surface area (Å²) in [7, 11) is 0. The molecule has 0 fully saturated rings. The molecule has 1 atom stereocenters. The fourth-order valence-corrected chi connectivity index (χ4v) is 2.76. The predicted molar refractivity (Wildman–Crippen MR) is 92.2 cm³/mol. The van der Waals surface area contributed by atoms with Crippen LogP contribution in [0.25, 0.3) is 11.4 Å². The van der Waals surface area contributed by atoms with Crippen molar-refractivity contribution in [1.29, 1.82) is 0 Å². The lowest BCUT2D eigenvalue weighted by Crippen LogP contribution is -2.23. The zero-order valence-corrected chi connectivity index (χ0v) is 13.7. The van der Waals surface area contributed by atoms with Gasteiger partial charge in [0, 0.05) is 5.56 Å². The Morgan fingerprint density at radius 2 is 1.88 bits per heavy atom. The van der Waals surface area contributed by atoms with Crippen LogP contribution in [0, 0.1) is 5.82 Å². The third kappa shape index (κ3) is 3.80. The number of carbonyl (C=O) groups is 1. The van der Waals surface area contributed by atoms with E-state index in [1.54, 1.807) is 19.1 Å². The SMILES string of the molecule is C[C@@H](Sc1n[nH]c(-c2ccccc2)n1)C(=O)Nc1ccccc1F. The Hall–Kier alpha value is -2.67. The van der Waals surface area contributed by atoms with Crippen molar-refractivity contribution in [2.24, 2.45) is 0 Å². The van der Waals surface area contributed by atoms with Crippen molar-refractivity contribution in [2.75, 3.05) is 5.32 Å². The second-order valence-electron chi connectivity index (χ2n) is 5.06. The third-order valence-electron chi connectivity index (χ3n) is 3.30. The van der Waals surface area contributed by atoms with Crippen LogP contribution < -0.4 is 5.32 Å². The third-order valence-corrected chi connectivity index (χ3v) is 4.26. The van der Waals surface area contributed by atoms with E-state index in [-0.39, 0.29) is 11.6 Å². The molecule has 2 N–H and O–H groups in total. The summed E-state index contributed by atoms with van der Waals surface area (Å²) < 4.78 is 13.6. The number of carbonyl (C=O) groups excluding carboxylic acids is 1. The maximum atomic E-state index is 13.6. The Morgan fingerprint density at radius 1 is 1.17 bits per heavy atom. The Balaban J connectivity index is 1.65. The van der Waals surface area contributed by atoms with Gasteiger partial charge in [0.15, 0.2) is 5.82 Å². The lowest BCUT2D eigenvalue weighted by Gasteiger charge is -2.10. The molecule has 24 heavy (non-hydrogen) atoms. The molecule has 7 heteroatoms. The first-order valence-corrected chi connectivity index (χ1v) is 8.21. The average molecular weight is 342 g/mol. The number of H-pyrrole nitrogens is 1. The number of aromatic amines is 1. The summed E-state index contributed by atoms with van der Waals surface area (Å²) >= 11 is 1.20. The van der Waals surface area contributed by atoms with Crippen LogP contribution in [0.15, 0.2) is 59.8 Å². The van der Waals surface area contributed by atoms with E-state index in [2.05, 4.69) is 20.5 Å². The van der Waals surface area contributed by atoms with Crippen molar-refractivity contribution in [1.82, 2.24) is 15.2 Å². The average Bonchev–Trinajstić information content (AvgIpc) is 3.06. The molecule has 0 saturated carbocycles. The summed E-state index contributed by atoms with van der Waals surface area (Å²) in [4.78, 5) is 16.6. The molecule has 1 heterocycles. The van der Waals surface area contributed by atoms with Gasteiger partial charge in [-0.15, -0.1) is 5.10 Å². The molecular formula is C17H15FN4OS. The Bertz CT molecular complexity index is 837. The topological polar surface area (TPSA) is 70.7 Å². The van der Waals surface area contributed by atoms with Gasteiger partial charge in [-0.3, -0.25) is 9.89 Å². The van der Waals surface area contributed by atoms with E-state index in [0.29, 0.717) is 11.0 Å². The lowest BCUT2D eigenvalue weighted by atomic mass is 10.2. The molecule has 0 spiro atoms. The van der Waals surface area contributed by atoms with Gasteiger partial charge in [0.2, 0.25) is 11.1 Å². The van der Waals surface area contributed by atoms with Crippen LogP contribution in [0.1, 0.15) is 6.92 Å². The molecule has 0 aliphatic heterocycles. The first-order chi connectivity index (χ1) is 11.6. The van der Waals surface area contributed by atoms with Crippen LogP contribution in [0.5, 0.6) is 0 Å². The monoisotopic (exact) mass is 342 g/mol. The van der Waals surface area contributed by atoms with Crippen LogP contribution in [-0.2, 0) is 4.79 Å². The van der Waals surface area contributed by atoms with Gasteiger partial charge >= 0.3 is 0 Å². The zero-order chi connectivity index (χ0) is 16.9. The number of aromatic nitrogens is 3. The molecule has 0 aliphatic rings. The van der Waals surface area contributed by atoms with Crippen LogP contribution in [0.2, 0.25) is 0 Å². The molecule has 0 bridgehead atoms. The Morgan fingerprint density at radius 3 is 2.62 bits per heavy atom. The molecule has 1 aromatic heterocycles. The molecular weight excluding hydrogens is 327 g/mol. The molecule has 0 saturated heterocycles. The highest BCUT2D eigenvalue weighted by molar-refractivity contribution is 8.00. The van der Waals surface area contributed by atoms with Crippen molar-refractivity contribution in [3.05, 3.63) is 60.4 Å². The van der Waals surface area contributed by atoms with Crippen molar-refractivity contribution in [3.63, 3.8) is 0 Å². The molecule has 2 aromatic carbocycles. The summed E-state index contributed by atoms with van der Waals surface area (Å²) in [6.45, 7) is 1.72. The maximum Gasteiger partial charge on any atom is 0.237 e. The fourth-order valence-electron chi connectivity index (χ4n) is 2.03. The minimum atomic E-state index is -0.468. The first-order valence-electron chi connectivity index (χ1n) is 7.33. The lowest BCUT2D eigenvalue weighted by molar-refractivity contribution is -0.115. The largest absolute Gasteiger partial charge is 0.323 e. The van der Waals surface area contributed by atoms with Gasteiger partial charge < -0.3 is 5.32 Å². The van der Waals surface area contributed by atoms with Gasteiger partial charge in [0.1, 0.15) is 5.82 Å². The van der Waals surface area contributed by atoms with E-state index in [4.69, 9.17) is 0 Å². The molecule has 3 aromatic rings. The number of nitrogens with one attached hydrogen (secondary N) is 2. The second-order valence-corrected chi connectivity index (χ2v) is 6.37. The van der Waals surface area contributed by atoms with Crippen molar-refractivity contribution < 1.29 is 9.18 Å². The summed E-state index contributed by atoms with van der Waals surface area (Å²) in [6, 6.07) is 15.6. The number of hydrogen-bond donors (Lipinski definition) is 2.